The fourth-order valence-corrected chi connectivity index (χ4v) is 3.52. The molecule has 0 radical (unpaired) electrons. The van der Waals surface area contributed by atoms with Crippen LogP contribution in [0.15, 0.2) is 24.3 Å². The van der Waals surface area contributed by atoms with Crippen molar-refractivity contribution in [2.24, 2.45) is 5.92 Å². The predicted octanol–water partition coefficient (Wildman–Crippen LogP) is 2.53. The number of hydrogen-bond acceptors (Lipinski definition) is 4. The Morgan fingerprint density at radius 1 is 1.30 bits per heavy atom. The van der Waals surface area contributed by atoms with E-state index in [9.17, 15) is 8.42 Å². The van der Waals surface area contributed by atoms with Crippen LogP contribution < -0.4 is 9.46 Å². The lowest BCUT2D eigenvalue weighted by atomic mass is 9.98. The predicted molar refractivity (Wildman–Crippen MR) is 91.3 cm³/mol. The van der Waals surface area contributed by atoms with Crippen molar-refractivity contribution in [2.45, 2.75) is 39.2 Å². The van der Waals surface area contributed by atoms with Crippen LogP contribution in [-0.2, 0) is 14.8 Å². The summed E-state index contributed by atoms with van der Waals surface area (Å²) in [6, 6.07) is 7.93. The number of ether oxygens (including phenoxy) is 2. The molecule has 1 heterocycles. The molecule has 1 saturated heterocycles. The standard InChI is InChI=1S/C17H27NO4S/c1-4-23(19,20)18-17-9-10-21-11-15(17)12-22-16-7-5-14(6-8-16)13(2)3/h5-8,13,15,17-18H,4,9-12H2,1-3H3/t15-,17+/m0/s1. The number of hydrogen-bond donors (Lipinski definition) is 1. The monoisotopic (exact) mass is 341 g/mol. The first kappa shape index (κ1) is 18.2. The van der Waals surface area contributed by atoms with Gasteiger partial charge in [0.05, 0.1) is 19.0 Å². The molecule has 6 heteroatoms. The van der Waals surface area contributed by atoms with Gasteiger partial charge in [-0.25, -0.2) is 13.1 Å². The molecule has 0 bridgehead atoms. The summed E-state index contributed by atoms with van der Waals surface area (Å²) in [5.74, 6) is 1.41. The Morgan fingerprint density at radius 3 is 2.61 bits per heavy atom. The van der Waals surface area contributed by atoms with E-state index in [1.807, 2.05) is 12.1 Å². The second-order valence-corrected chi connectivity index (χ2v) is 8.33. The second-order valence-electron chi connectivity index (χ2n) is 6.29. The van der Waals surface area contributed by atoms with Crippen molar-refractivity contribution < 1.29 is 17.9 Å². The lowest BCUT2D eigenvalue weighted by Gasteiger charge is -2.31. The van der Waals surface area contributed by atoms with Gasteiger partial charge in [0.1, 0.15) is 5.75 Å². The Kier molecular flexibility index (Phi) is 6.44. The van der Waals surface area contributed by atoms with Crippen molar-refractivity contribution in [3.63, 3.8) is 0 Å². The lowest BCUT2D eigenvalue weighted by molar-refractivity contribution is 0.0186. The van der Waals surface area contributed by atoms with Crippen molar-refractivity contribution in [2.75, 3.05) is 25.6 Å². The first-order valence-electron chi connectivity index (χ1n) is 8.21. The quantitative estimate of drug-likeness (QED) is 0.828. The van der Waals surface area contributed by atoms with E-state index in [0.29, 0.717) is 32.2 Å². The summed E-state index contributed by atoms with van der Waals surface area (Å²) in [5, 5.41) is 0. The van der Waals surface area contributed by atoms with Crippen LogP contribution in [-0.4, -0.2) is 40.0 Å². The van der Waals surface area contributed by atoms with Crippen molar-refractivity contribution in [1.29, 1.82) is 0 Å². The molecular weight excluding hydrogens is 314 g/mol. The minimum atomic E-state index is -3.21. The van der Waals surface area contributed by atoms with Gasteiger partial charge in [-0.3, -0.25) is 0 Å². The van der Waals surface area contributed by atoms with E-state index in [0.717, 1.165) is 5.75 Å². The normalized spacial score (nSPS) is 22.3. The SMILES string of the molecule is CCS(=O)(=O)N[C@@H]1CCOC[C@H]1COc1ccc(C(C)C)cc1. The summed E-state index contributed by atoms with van der Waals surface area (Å²) in [7, 11) is -3.21. The maximum Gasteiger partial charge on any atom is 0.211 e. The van der Waals surface area contributed by atoms with Gasteiger partial charge in [0, 0.05) is 18.6 Å². The van der Waals surface area contributed by atoms with Gasteiger partial charge < -0.3 is 9.47 Å². The Bertz CT molecular complexity index is 583. The minimum Gasteiger partial charge on any atom is -0.493 e. The van der Waals surface area contributed by atoms with Crippen LogP contribution >= 0.6 is 0 Å². The van der Waals surface area contributed by atoms with E-state index < -0.39 is 10.0 Å². The third-order valence-corrected chi connectivity index (χ3v) is 5.62. The van der Waals surface area contributed by atoms with Gasteiger partial charge in [-0.2, -0.15) is 0 Å². The summed E-state index contributed by atoms with van der Waals surface area (Å²) in [6.07, 6.45) is 0.680. The number of sulfonamides is 1. The zero-order valence-electron chi connectivity index (χ0n) is 14.1. The Labute approximate surface area is 139 Å². The summed E-state index contributed by atoms with van der Waals surface area (Å²) in [4.78, 5) is 0. The summed E-state index contributed by atoms with van der Waals surface area (Å²) in [5.41, 5.74) is 1.27. The molecule has 1 aromatic carbocycles. The van der Waals surface area contributed by atoms with Gasteiger partial charge in [-0.05, 0) is 37.0 Å². The molecule has 1 fully saturated rings. The molecule has 130 valence electrons. The van der Waals surface area contributed by atoms with E-state index in [1.54, 1.807) is 6.92 Å². The van der Waals surface area contributed by atoms with Crippen LogP contribution in [0.2, 0.25) is 0 Å². The van der Waals surface area contributed by atoms with E-state index in [2.05, 4.69) is 30.7 Å². The number of benzene rings is 1. The van der Waals surface area contributed by atoms with Gasteiger partial charge in [0.25, 0.3) is 0 Å². The first-order valence-corrected chi connectivity index (χ1v) is 9.87. The van der Waals surface area contributed by atoms with Gasteiger partial charge in [0.15, 0.2) is 0 Å². The fraction of sp³-hybridized carbons (Fsp3) is 0.647. The maximum atomic E-state index is 11.8. The van der Waals surface area contributed by atoms with Crippen molar-refractivity contribution >= 4 is 10.0 Å². The molecule has 0 spiro atoms. The second kappa shape index (κ2) is 8.13. The molecule has 23 heavy (non-hydrogen) atoms. The molecule has 1 aliphatic heterocycles. The van der Waals surface area contributed by atoms with E-state index in [-0.39, 0.29) is 17.7 Å². The van der Waals surface area contributed by atoms with Gasteiger partial charge in [0.2, 0.25) is 10.0 Å². The number of nitrogens with one attached hydrogen (secondary N) is 1. The van der Waals surface area contributed by atoms with Crippen LogP contribution in [0.5, 0.6) is 5.75 Å². The summed E-state index contributed by atoms with van der Waals surface area (Å²) >= 11 is 0. The molecule has 1 aliphatic rings. The zero-order valence-corrected chi connectivity index (χ0v) is 14.9. The van der Waals surface area contributed by atoms with Crippen LogP contribution in [0.25, 0.3) is 0 Å². The molecule has 1 aromatic rings. The van der Waals surface area contributed by atoms with Gasteiger partial charge in [-0.15, -0.1) is 0 Å². The van der Waals surface area contributed by atoms with Crippen LogP contribution in [0, 0.1) is 5.92 Å². The Balaban J connectivity index is 1.94. The first-order chi connectivity index (χ1) is 10.9. The largest absolute Gasteiger partial charge is 0.493 e. The fourth-order valence-electron chi connectivity index (χ4n) is 2.58. The molecule has 5 nitrogen and oxygen atoms in total. The van der Waals surface area contributed by atoms with Crippen LogP contribution in [0.4, 0.5) is 0 Å². The average molecular weight is 341 g/mol. The van der Waals surface area contributed by atoms with E-state index in [1.165, 1.54) is 5.56 Å². The van der Waals surface area contributed by atoms with Crippen LogP contribution in [0.3, 0.4) is 0 Å². The molecule has 0 amide bonds. The average Bonchev–Trinajstić information content (AvgIpc) is 2.54. The Morgan fingerprint density at radius 2 is 2.00 bits per heavy atom. The van der Waals surface area contributed by atoms with Gasteiger partial charge >= 0.3 is 0 Å². The van der Waals surface area contributed by atoms with Crippen molar-refractivity contribution in [1.82, 2.24) is 4.72 Å². The highest BCUT2D eigenvalue weighted by molar-refractivity contribution is 7.89. The summed E-state index contributed by atoms with van der Waals surface area (Å²) < 4.78 is 37.7. The van der Waals surface area contributed by atoms with Crippen LogP contribution in [0.1, 0.15) is 38.7 Å². The summed E-state index contributed by atoms with van der Waals surface area (Å²) in [6.45, 7) is 7.48. The Hall–Kier alpha value is -1.11. The van der Waals surface area contributed by atoms with E-state index in [4.69, 9.17) is 9.47 Å². The minimum absolute atomic E-state index is 0.0230. The third-order valence-electron chi connectivity index (χ3n) is 4.20. The molecule has 1 N–H and O–H groups in total. The highest BCUT2D eigenvalue weighted by Gasteiger charge is 2.29. The third kappa shape index (κ3) is 5.48. The highest BCUT2D eigenvalue weighted by Crippen LogP contribution is 2.21. The lowest BCUT2D eigenvalue weighted by Crippen LogP contribution is -2.47. The molecule has 2 atom stereocenters. The highest BCUT2D eigenvalue weighted by atomic mass is 32.2. The van der Waals surface area contributed by atoms with Crippen molar-refractivity contribution in [3.05, 3.63) is 29.8 Å². The molecule has 2 rings (SSSR count). The van der Waals surface area contributed by atoms with Crippen molar-refractivity contribution in [3.8, 4) is 5.75 Å². The molecule has 0 aliphatic carbocycles. The van der Waals surface area contributed by atoms with E-state index >= 15 is 0 Å². The molecule has 0 unspecified atom stereocenters. The smallest absolute Gasteiger partial charge is 0.211 e. The number of rotatable bonds is 7. The zero-order chi connectivity index (χ0) is 16.9. The molecule has 0 saturated carbocycles. The molecule has 0 aromatic heterocycles. The topological polar surface area (TPSA) is 64.6 Å². The molecular formula is C17H27NO4S. The van der Waals surface area contributed by atoms with Gasteiger partial charge in [-0.1, -0.05) is 26.0 Å². The maximum absolute atomic E-state index is 11.8.